The van der Waals surface area contributed by atoms with Crippen molar-refractivity contribution in [1.82, 2.24) is 5.43 Å². The molecule has 26 heavy (non-hydrogen) atoms. The van der Waals surface area contributed by atoms with Crippen LogP contribution in [0.15, 0.2) is 53.6 Å². The fraction of sp³-hybridized carbons (Fsp3) is 0.250. The molecule has 0 unspecified atom stereocenters. The van der Waals surface area contributed by atoms with E-state index in [4.69, 9.17) is 4.74 Å². The zero-order valence-corrected chi connectivity index (χ0v) is 15.2. The summed E-state index contributed by atoms with van der Waals surface area (Å²) < 4.78 is 5.50. The minimum absolute atomic E-state index is 0.0697. The minimum Gasteiger partial charge on any atom is -0.493 e. The van der Waals surface area contributed by atoms with Gasteiger partial charge in [-0.2, -0.15) is 5.10 Å². The van der Waals surface area contributed by atoms with E-state index >= 15 is 0 Å². The molecule has 2 N–H and O–H groups in total. The first kappa shape index (κ1) is 19.2. The topological polar surface area (TPSA) is 79.8 Å². The fourth-order valence-electron chi connectivity index (χ4n) is 2.09. The number of para-hydroxylation sites is 1. The lowest BCUT2D eigenvalue weighted by molar-refractivity contribution is -0.118. The first-order chi connectivity index (χ1) is 12.5. The minimum atomic E-state index is -0.336. The van der Waals surface area contributed by atoms with Gasteiger partial charge < -0.3 is 10.1 Å². The van der Waals surface area contributed by atoms with Crippen molar-refractivity contribution in [1.29, 1.82) is 0 Å². The van der Waals surface area contributed by atoms with Crippen LogP contribution in [0.2, 0.25) is 0 Å². The predicted octanol–water partition coefficient (Wildman–Crippen LogP) is 3.44. The van der Waals surface area contributed by atoms with Gasteiger partial charge in [-0.15, -0.1) is 0 Å². The molecule has 0 saturated heterocycles. The van der Waals surface area contributed by atoms with E-state index in [1.165, 1.54) is 0 Å². The average Bonchev–Trinajstić information content (AvgIpc) is 2.63. The van der Waals surface area contributed by atoms with Crippen molar-refractivity contribution in [3.63, 3.8) is 0 Å². The third-order valence-electron chi connectivity index (χ3n) is 3.53. The molecule has 0 spiro atoms. The molecule has 0 atom stereocenters. The summed E-state index contributed by atoms with van der Waals surface area (Å²) in [4.78, 5) is 23.8. The van der Waals surface area contributed by atoms with Gasteiger partial charge in [-0.25, -0.2) is 5.43 Å². The molecule has 0 fully saturated rings. The first-order valence-electron chi connectivity index (χ1n) is 8.47. The van der Waals surface area contributed by atoms with Crippen molar-refractivity contribution >= 4 is 23.7 Å². The van der Waals surface area contributed by atoms with Gasteiger partial charge in [0.15, 0.2) is 0 Å². The van der Waals surface area contributed by atoms with Crippen molar-refractivity contribution in [3.05, 3.63) is 59.7 Å². The predicted molar refractivity (Wildman–Crippen MR) is 103 cm³/mol. The average molecular weight is 353 g/mol. The van der Waals surface area contributed by atoms with Crippen molar-refractivity contribution < 1.29 is 14.3 Å². The summed E-state index contributed by atoms with van der Waals surface area (Å²) in [5, 5.41) is 6.76. The summed E-state index contributed by atoms with van der Waals surface area (Å²) in [5.41, 5.74) is 4.36. The van der Waals surface area contributed by atoms with E-state index in [1.807, 2.05) is 45.0 Å². The molecule has 2 aromatic carbocycles. The maximum absolute atomic E-state index is 12.1. The van der Waals surface area contributed by atoms with E-state index < -0.39 is 0 Å². The zero-order chi connectivity index (χ0) is 18.9. The zero-order valence-electron chi connectivity index (χ0n) is 15.2. The summed E-state index contributed by atoms with van der Waals surface area (Å²) >= 11 is 0. The smallest absolute Gasteiger partial charge is 0.271 e. The Morgan fingerprint density at radius 3 is 2.46 bits per heavy atom. The number of rotatable bonds is 7. The Morgan fingerprint density at radius 2 is 1.81 bits per heavy atom. The number of carbonyl (C=O) groups is 2. The Kier molecular flexibility index (Phi) is 6.91. The molecular formula is C20H23N3O3. The maximum atomic E-state index is 12.1. The fourth-order valence-corrected chi connectivity index (χ4v) is 2.09. The van der Waals surface area contributed by atoms with Crippen LogP contribution in [0.4, 0.5) is 5.69 Å². The lowest BCUT2D eigenvalue weighted by Crippen LogP contribution is -2.19. The standard InChI is InChI=1S/C20H23N3O3/c1-4-26-18-8-6-5-7-16(18)13-21-23-20(25)15-9-11-17(12-10-15)22-19(24)14(2)3/h5-14H,4H2,1-3H3,(H,22,24)(H,23,25). The van der Waals surface area contributed by atoms with Crippen LogP contribution in [-0.2, 0) is 4.79 Å². The number of benzene rings is 2. The van der Waals surface area contributed by atoms with E-state index in [0.29, 0.717) is 23.6 Å². The molecule has 6 nitrogen and oxygen atoms in total. The molecule has 0 bridgehead atoms. The van der Waals surface area contributed by atoms with E-state index in [2.05, 4.69) is 15.8 Å². The molecule has 6 heteroatoms. The highest BCUT2D eigenvalue weighted by Gasteiger charge is 2.08. The monoisotopic (exact) mass is 353 g/mol. The number of hydrogen-bond acceptors (Lipinski definition) is 4. The van der Waals surface area contributed by atoms with Crippen molar-refractivity contribution in [2.75, 3.05) is 11.9 Å². The third kappa shape index (κ3) is 5.44. The van der Waals surface area contributed by atoms with Gasteiger partial charge in [-0.05, 0) is 43.3 Å². The number of amides is 2. The van der Waals surface area contributed by atoms with Gasteiger partial charge in [0.05, 0.1) is 12.8 Å². The number of hydrazone groups is 1. The Hall–Kier alpha value is -3.15. The summed E-state index contributed by atoms with van der Waals surface area (Å²) in [7, 11) is 0. The van der Waals surface area contributed by atoms with E-state index in [-0.39, 0.29) is 17.7 Å². The Bertz CT molecular complexity index is 783. The van der Waals surface area contributed by atoms with Gasteiger partial charge in [0.25, 0.3) is 5.91 Å². The lowest BCUT2D eigenvalue weighted by Gasteiger charge is -2.08. The Labute approximate surface area is 153 Å². The molecular weight excluding hydrogens is 330 g/mol. The van der Waals surface area contributed by atoms with Crippen LogP contribution in [0.3, 0.4) is 0 Å². The molecule has 0 aliphatic carbocycles. The number of carbonyl (C=O) groups excluding carboxylic acids is 2. The van der Waals surface area contributed by atoms with Crippen LogP contribution in [-0.4, -0.2) is 24.6 Å². The van der Waals surface area contributed by atoms with Crippen molar-refractivity contribution in [3.8, 4) is 5.75 Å². The highest BCUT2D eigenvalue weighted by Crippen LogP contribution is 2.15. The molecule has 0 aliphatic rings. The highest BCUT2D eigenvalue weighted by molar-refractivity contribution is 5.96. The molecule has 0 radical (unpaired) electrons. The van der Waals surface area contributed by atoms with Crippen LogP contribution in [0, 0.1) is 5.92 Å². The van der Waals surface area contributed by atoms with Gasteiger partial charge in [-0.1, -0.05) is 26.0 Å². The SMILES string of the molecule is CCOc1ccccc1C=NNC(=O)c1ccc(NC(=O)C(C)C)cc1. The Balaban J connectivity index is 1.97. The summed E-state index contributed by atoms with van der Waals surface area (Å²) in [6.07, 6.45) is 1.54. The quantitative estimate of drug-likeness (QED) is 0.591. The van der Waals surface area contributed by atoms with E-state index in [1.54, 1.807) is 30.5 Å². The first-order valence-corrected chi connectivity index (χ1v) is 8.47. The molecule has 2 amide bonds. The summed E-state index contributed by atoms with van der Waals surface area (Å²) in [6.45, 7) is 6.09. The van der Waals surface area contributed by atoms with Crippen molar-refractivity contribution in [2.45, 2.75) is 20.8 Å². The van der Waals surface area contributed by atoms with Crippen LogP contribution in [0.1, 0.15) is 36.7 Å². The molecule has 0 heterocycles. The molecule has 2 aromatic rings. The van der Waals surface area contributed by atoms with Crippen LogP contribution in [0.5, 0.6) is 5.75 Å². The largest absolute Gasteiger partial charge is 0.493 e. The van der Waals surface area contributed by atoms with Crippen molar-refractivity contribution in [2.24, 2.45) is 11.0 Å². The number of ether oxygens (including phenoxy) is 1. The van der Waals surface area contributed by atoms with Gasteiger partial charge in [0, 0.05) is 22.7 Å². The van der Waals surface area contributed by atoms with Gasteiger partial charge >= 0.3 is 0 Å². The Morgan fingerprint density at radius 1 is 1.12 bits per heavy atom. The maximum Gasteiger partial charge on any atom is 0.271 e. The summed E-state index contributed by atoms with van der Waals surface area (Å²) in [6, 6.07) is 14.1. The molecule has 0 saturated carbocycles. The lowest BCUT2D eigenvalue weighted by atomic mass is 10.1. The summed E-state index contributed by atoms with van der Waals surface area (Å²) in [5.74, 6) is 0.196. The number of nitrogens with one attached hydrogen (secondary N) is 2. The molecule has 0 aliphatic heterocycles. The van der Waals surface area contributed by atoms with E-state index in [9.17, 15) is 9.59 Å². The number of nitrogens with zero attached hydrogens (tertiary/aromatic N) is 1. The third-order valence-corrected chi connectivity index (χ3v) is 3.53. The second-order valence-corrected chi connectivity index (χ2v) is 5.89. The van der Waals surface area contributed by atoms with E-state index in [0.717, 1.165) is 5.56 Å². The second kappa shape index (κ2) is 9.36. The normalized spacial score (nSPS) is 10.8. The molecule has 2 rings (SSSR count). The highest BCUT2D eigenvalue weighted by atomic mass is 16.5. The number of hydrogen-bond donors (Lipinski definition) is 2. The molecule has 136 valence electrons. The van der Waals surface area contributed by atoms with Gasteiger partial charge in [0.1, 0.15) is 5.75 Å². The van der Waals surface area contributed by atoms with Gasteiger partial charge in [-0.3, -0.25) is 9.59 Å². The second-order valence-electron chi connectivity index (χ2n) is 5.89. The van der Waals surface area contributed by atoms with Crippen LogP contribution < -0.4 is 15.5 Å². The number of anilines is 1. The molecule has 0 aromatic heterocycles. The van der Waals surface area contributed by atoms with Crippen LogP contribution >= 0.6 is 0 Å². The van der Waals surface area contributed by atoms with Crippen LogP contribution in [0.25, 0.3) is 0 Å². The van der Waals surface area contributed by atoms with Gasteiger partial charge in [0.2, 0.25) is 5.91 Å².